The van der Waals surface area contributed by atoms with E-state index in [9.17, 15) is 9.59 Å². The Morgan fingerprint density at radius 2 is 2.24 bits per heavy atom. The number of hydrazone groups is 1. The van der Waals surface area contributed by atoms with Crippen molar-refractivity contribution in [2.24, 2.45) is 11.0 Å². The first-order chi connectivity index (χ1) is 9.88. The Balaban J connectivity index is 2.31. The zero-order chi connectivity index (χ0) is 15.6. The molecule has 5 nitrogen and oxygen atoms in total. The molecule has 0 fully saturated rings. The minimum absolute atomic E-state index is 0.00663. The van der Waals surface area contributed by atoms with Crippen molar-refractivity contribution in [3.8, 4) is 5.75 Å². The van der Waals surface area contributed by atoms with Crippen molar-refractivity contribution < 1.29 is 14.3 Å². The summed E-state index contributed by atoms with van der Waals surface area (Å²) in [7, 11) is 0. The quantitative estimate of drug-likeness (QED) is 0.929. The number of aryl methyl sites for hydroxylation is 1. The summed E-state index contributed by atoms with van der Waals surface area (Å²) in [5.74, 6) is 0.375. The molecule has 0 saturated heterocycles. The smallest absolute Gasteiger partial charge is 0.240 e. The molecule has 1 aliphatic heterocycles. The fourth-order valence-corrected chi connectivity index (χ4v) is 2.56. The molecule has 0 spiro atoms. The van der Waals surface area contributed by atoms with Crippen LogP contribution in [0.5, 0.6) is 5.75 Å². The molecule has 21 heavy (non-hydrogen) atoms. The standard InChI is InChI=1S/C15H17ClN2O3/c1-8-5-13(20)17-18-14(8)11-4-9(2)15(12(16)6-11)21-7-10(3)19/h4,6,8H,5,7H2,1-3H3,(H,17,20). The third-order valence-electron chi connectivity index (χ3n) is 3.20. The van der Waals surface area contributed by atoms with Gasteiger partial charge in [-0.25, -0.2) is 5.43 Å². The maximum absolute atomic E-state index is 11.3. The number of ether oxygens (including phenoxy) is 1. The Morgan fingerprint density at radius 3 is 2.81 bits per heavy atom. The van der Waals surface area contributed by atoms with E-state index in [1.165, 1.54) is 6.92 Å². The number of carbonyl (C=O) groups is 2. The van der Waals surface area contributed by atoms with Gasteiger partial charge >= 0.3 is 0 Å². The summed E-state index contributed by atoms with van der Waals surface area (Å²) < 4.78 is 5.42. The monoisotopic (exact) mass is 308 g/mol. The number of carbonyl (C=O) groups excluding carboxylic acids is 2. The molecule has 1 amide bonds. The Labute approximate surface area is 128 Å². The molecule has 1 aliphatic rings. The molecule has 112 valence electrons. The lowest BCUT2D eigenvalue weighted by Crippen LogP contribution is -2.32. The van der Waals surface area contributed by atoms with E-state index in [4.69, 9.17) is 16.3 Å². The van der Waals surface area contributed by atoms with Gasteiger partial charge < -0.3 is 4.74 Å². The Kier molecular flexibility index (Phi) is 4.63. The van der Waals surface area contributed by atoms with Crippen LogP contribution in [0.25, 0.3) is 0 Å². The second kappa shape index (κ2) is 6.26. The highest BCUT2D eigenvalue weighted by Gasteiger charge is 2.23. The highest BCUT2D eigenvalue weighted by atomic mass is 35.5. The summed E-state index contributed by atoms with van der Waals surface area (Å²) in [6.07, 6.45) is 0.401. The van der Waals surface area contributed by atoms with E-state index in [2.05, 4.69) is 10.5 Å². The van der Waals surface area contributed by atoms with E-state index < -0.39 is 0 Å². The molecule has 1 heterocycles. The van der Waals surface area contributed by atoms with Gasteiger partial charge in [-0.15, -0.1) is 0 Å². The van der Waals surface area contributed by atoms with Gasteiger partial charge in [0.15, 0.2) is 5.78 Å². The summed E-state index contributed by atoms with van der Waals surface area (Å²) in [5.41, 5.74) is 4.95. The number of ketones is 1. The van der Waals surface area contributed by atoms with Crippen molar-refractivity contribution in [3.63, 3.8) is 0 Å². The van der Waals surface area contributed by atoms with Crippen molar-refractivity contribution in [2.45, 2.75) is 27.2 Å². The Morgan fingerprint density at radius 1 is 1.52 bits per heavy atom. The summed E-state index contributed by atoms with van der Waals surface area (Å²) in [4.78, 5) is 22.3. The molecule has 6 heteroatoms. The van der Waals surface area contributed by atoms with E-state index in [1.807, 2.05) is 19.9 Å². The second-order valence-electron chi connectivity index (χ2n) is 5.23. The third kappa shape index (κ3) is 3.61. The number of halogens is 1. The second-order valence-corrected chi connectivity index (χ2v) is 5.64. The minimum atomic E-state index is -0.0875. The highest BCUT2D eigenvalue weighted by Crippen LogP contribution is 2.31. The van der Waals surface area contributed by atoms with E-state index >= 15 is 0 Å². The molecule has 1 atom stereocenters. The number of hydrogen-bond acceptors (Lipinski definition) is 4. The van der Waals surface area contributed by atoms with Crippen LogP contribution in [-0.2, 0) is 9.59 Å². The van der Waals surface area contributed by atoms with Gasteiger partial charge in [0.2, 0.25) is 5.91 Å². The molecule has 0 aromatic heterocycles. The van der Waals surface area contributed by atoms with Crippen molar-refractivity contribution in [1.29, 1.82) is 0 Å². The molecule has 1 aromatic rings. The van der Waals surface area contributed by atoms with Crippen LogP contribution in [0.3, 0.4) is 0 Å². The Hall–Kier alpha value is -1.88. The number of rotatable bonds is 4. The zero-order valence-electron chi connectivity index (χ0n) is 12.2. The maximum Gasteiger partial charge on any atom is 0.240 e. The summed E-state index contributed by atoms with van der Waals surface area (Å²) in [5, 5.41) is 4.54. The molecule has 0 bridgehead atoms. The molecule has 1 aromatic carbocycles. The van der Waals surface area contributed by atoms with Gasteiger partial charge in [-0.2, -0.15) is 5.10 Å². The number of hydrogen-bond donors (Lipinski definition) is 1. The Bertz CT molecular complexity index is 602. The van der Waals surface area contributed by atoms with Gasteiger partial charge in [0.05, 0.1) is 10.7 Å². The first-order valence-corrected chi connectivity index (χ1v) is 7.05. The van der Waals surface area contributed by atoms with Gasteiger partial charge in [0.1, 0.15) is 12.4 Å². The number of Topliss-reactive ketones (excluding diaryl/α,β-unsaturated/α-hetero) is 1. The van der Waals surface area contributed by atoms with E-state index in [-0.39, 0.29) is 24.2 Å². The number of benzene rings is 1. The average Bonchev–Trinajstić information content (AvgIpc) is 2.37. The van der Waals surface area contributed by atoms with Crippen LogP contribution in [0.4, 0.5) is 0 Å². The largest absolute Gasteiger partial charge is 0.484 e. The van der Waals surface area contributed by atoms with Crippen LogP contribution in [0.1, 0.15) is 31.4 Å². The molecular weight excluding hydrogens is 292 g/mol. The molecule has 2 rings (SSSR count). The van der Waals surface area contributed by atoms with Crippen LogP contribution in [-0.4, -0.2) is 24.0 Å². The highest BCUT2D eigenvalue weighted by molar-refractivity contribution is 6.32. The topological polar surface area (TPSA) is 67.8 Å². The fourth-order valence-electron chi connectivity index (χ4n) is 2.24. The van der Waals surface area contributed by atoms with Crippen LogP contribution >= 0.6 is 11.6 Å². The first kappa shape index (κ1) is 15.5. The van der Waals surface area contributed by atoms with Crippen molar-refractivity contribution >= 4 is 29.0 Å². The average molecular weight is 309 g/mol. The third-order valence-corrected chi connectivity index (χ3v) is 3.49. The molecular formula is C15H17ClN2O3. The van der Waals surface area contributed by atoms with E-state index in [0.29, 0.717) is 17.2 Å². The van der Waals surface area contributed by atoms with Crippen molar-refractivity contribution in [1.82, 2.24) is 5.43 Å². The predicted molar refractivity (Wildman–Crippen MR) is 80.8 cm³/mol. The SMILES string of the molecule is CC(=O)COc1c(C)cc(C2=NNC(=O)CC2C)cc1Cl. The van der Waals surface area contributed by atoms with Gasteiger partial charge in [-0.3, -0.25) is 9.59 Å². The first-order valence-electron chi connectivity index (χ1n) is 6.67. The van der Waals surface area contributed by atoms with Crippen molar-refractivity contribution in [3.05, 3.63) is 28.3 Å². The minimum Gasteiger partial charge on any atom is -0.484 e. The van der Waals surface area contributed by atoms with Gasteiger partial charge in [-0.1, -0.05) is 18.5 Å². The number of nitrogens with zero attached hydrogens (tertiary/aromatic N) is 1. The lowest BCUT2D eigenvalue weighted by molar-refractivity contribution is -0.122. The lowest BCUT2D eigenvalue weighted by Gasteiger charge is -2.20. The van der Waals surface area contributed by atoms with E-state index in [1.54, 1.807) is 6.07 Å². The maximum atomic E-state index is 11.3. The van der Waals surface area contributed by atoms with Gasteiger partial charge in [0.25, 0.3) is 0 Å². The van der Waals surface area contributed by atoms with Crippen molar-refractivity contribution in [2.75, 3.05) is 6.61 Å². The molecule has 0 saturated carbocycles. The summed E-state index contributed by atoms with van der Waals surface area (Å²) >= 11 is 6.24. The molecule has 0 radical (unpaired) electrons. The predicted octanol–water partition coefficient (Wildman–Crippen LogP) is 2.48. The van der Waals surface area contributed by atoms with Crippen LogP contribution in [0.2, 0.25) is 5.02 Å². The lowest BCUT2D eigenvalue weighted by atomic mass is 9.93. The zero-order valence-corrected chi connectivity index (χ0v) is 13.0. The van der Waals surface area contributed by atoms with Gasteiger partial charge in [-0.05, 0) is 31.5 Å². The fraction of sp³-hybridized carbons (Fsp3) is 0.400. The van der Waals surface area contributed by atoms with Gasteiger partial charge in [0, 0.05) is 17.9 Å². The van der Waals surface area contributed by atoms with E-state index in [0.717, 1.165) is 16.8 Å². The molecule has 0 aliphatic carbocycles. The number of amides is 1. The van der Waals surface area contributed by atoms with Crippen LogP contribution in [0.15, 0.2) is 17.2 Å². The summed E-state index contributed by atoms with van der Waals surface area (Å²) in [6.45, 7) is 5.25. The van der Waals surface area contributed by atoms with Crippen LogP contribution < -0.4 is 10.2 Å². The summed E-state index contributed by atoms with van der Waals surface area (Å²) in [6, 6.07) is 3.64. The number of nitrogens with one attached hydrogen (secondary N) is 1. The molecule has 1 N–H and O–H groups in total. The normalized spacial score (nSPS) is 18.0. The molecule has 1 unspecified atom stereocenters. The van der Waals surface area contributed by atoms with Crippen LogP contribution in [0, 0.1) is 12.8 Å².